The predicted octanol–water partition coefficient (Wildman–Crippen LogP) is 4.34. The number of nitrogens with zero attached hydrogens (tertiary/aromatic N) is 3. The standard InChI is InChI=1S/C30H41F3N4O4/c1-20-16-37(21(2)19-38)29(40)25-15-24(34-28(39)7-6-14-35(3)4)12-13-26(25)41-27(20)18-36(5)17-22-8-10-23(11-9-22)30(31,32)33/h8-13,15,20-21,27,38H,6-7,14,16-19H2,1-5H3,(H,34,39)/t20-,21+,27-/m0/s1. The van der Waals surface area contributed by atoms with E-state index in [0.717, 1.165) is 24.2 Å². The predicted molar refractivity (Wildman–Crippen MR) is 152 cm³/mol. The number of alkyl halides is 3. The van der Waals surface area contributed by atoms with E-state index in [1.54, 1.807) is 30.0 Å². The second kappa shape index (κ2) is 14.2. The van der Waals surface area contributed by atoms with Crippen LogP contribution in [-0.2, 0) is 17.5 Å². The van der Waals surface area contributed by atoms with Gasteiger partial charge in [-0.15, -0.1) is 0 Å². The summed E-state index contributed by atoms with van der Waals surface area (Å²) in [6.07, 6.45) is -3.70. The van der Waals surface area contributed by atoms with Crippen molar-refractivity contribution in [2.75, 3.05) is 52.7 Å². The van der Waals surface area contributed by atoms with Crippen LogP contribution in [-0.4, -0.2) is 91.2 Å². The smallest absolute Gasteiger partial charge is 0.416 e. The van der Waals surface area contributed by atoms with Gasteiger partial charge in [-0.05, 0) is 76.9 Å². The molecule has 2 amide bonds. The zero-order valence-corrected chi connectivity index (χ0v) is 24.4. The molecule has 8 nitrogen and oxygen atoms in total. The van der Waals surface area contributed by atoms with Gasteiger partial charge in [0, 0.05) is 37.7 Å². The number of nitrogens with one attached hydrogen (secondary N) is 1. The molecule has 1 aliphatic rings. The van der Waals surface area contributed by atoms with E-state index in [2.05, 4.69) is 5.32 Å². The summed E-state index contributed by atoms with van der Waals surface area (Å²) in [5, 5.41) is 12.7. The lowest BCUT2D eigenvalue weighted by Crippen LogP contribution is -2.49. The molecule has 3 atom stereocenters. The lowest BCUT2D eigenvalue weighted by atomic mass is 9.99. The Labute approximate surface area is 240 Å². The average Bonchev–Trinajstić information content (AvgIpc) is 2.90. The van der Waals surface area contributed by atoms with Crippen LogP contribution in [0.5, 0.6) is 5.75 Å². The van der Waals surface area contributed by atoms with E-state index in [0.29, 0.717) is 49.5 Å². The molecule has 0 radical (unpaired) electrons. The van der Waals surface area contributed by atoms with Crippen molar-refractivity contribution in [3.05, 3.63) is 59.2 Å². The third-order valence-electron chi connectivity index (χ3n) is 7.18. The molecule has 0 aliphatic carbocycles. The molecular weight excluding hydrogens is 537 g/mol. The minimum Gasteiger partial charge on any atom is -0.488 e. The average molecular weight is 579 g/mol. The van der Waals surface area contributed by atoms with Crippen molar-refractivity contribution in [3.63, 3.8) is 0 Å². The van der Waals surface area contributed by atoms with Crippen LogP contribution in [0.3, 0.4) is 0 Å². The molecule has 0 aromatic heterocycles. The maximum Gasteiger partial charge on any atom is 0.416 e. The number of anilines is 1. The van der Waals surface area contributed by atoms with Gasteiger partial charge >= 0.3 is 6.18 Å². The maximum absolute atomic E-state index is 13.6. The number of rotatable bonds is 11. The second-order valence-electron chi connectivity index (χ2n) is 11.2. The number of fused-ring (bicyclic) bond motifs is 1. The van der Waals surface area contributed by atoms with Crippen LogP contribution in [0, 0.1) is 5.92 Å². The number of carbonyl (C=O) groups is 2. The third kappa shape index (κ3) is 9.17. The van der Waals surface area contributed by atoms with E-state index in [1.807, 2.05) is 37.9 Å². The van der Waals surface area contributed by atoms with Gasteiger partial charge < -0.3 is 25.0 Å². The summed E-state index contributed by atoms with van der Waals surface area (Å²) in [7, 11) is 5.75. The van der Waals surface area contributed by atoms with Crippen LogP contribution in [0.25, 0.3) is 0 Å². The lowest BCUT2D eigenvalue weighted by Gasteiger charge is -2.38. The van der Waals surface area contributed by atoms with E-state index >= 15 is 0 Å². The summed E-state index contributed by atoms with van der Waals surface area (Å²) < 4.78 is 45.2. The Bertz CT molecular complexity index is 1170. The first-order valence-electron chi connectivity index (χ1n) is 13.8. The Morgan fingerprint density at radius 3 is 2.46 bits per heavy atom. The fourth-order valence-corrected chi connectivity index (χ4v) is 4.78. The molecule has 2 aromatic rings. The van der Waals surface area contributed by atoms with Crippen molar-refractivity contribution < 1.29 is 32.6 Å². The van der Waals surface area contributed by atoms with E-state index in [-0.39, 0.29) is 30.4 Å². The van der Waals surface area contributed by atoms with E-state index in [4.69, 9.17) is 4.74 Å². The number of hydrogen-bond acceptors (Lipinski definition) is 6. The summed E-state index contributed by atoms with van der Waals surface area (Å²) in [5.74, 6) is -0.195. The van der Waals surface area contributed by atoms with Crippen molar-refractivity contribution >= 4 is 17.5 Å². The summed E-state index contributed by atoms with van der Waals surface area (Å²) in [6, 6.07) is 9.63. The van der Waals surface area contributed by atoms with Gasteiger partial charge in [0.1, 0.15) is 11.9 Å². The van der Waals surface area contributed by atoms with Crippen LogP contribution in [0.4, 0.5) is 18.9 Å². The van der Waals surface area contributed by atoms with Gasteiger partial charge in [-0.3, -0.25) is 14.5 Å². The Morgan fingerprint density at radius 1 is 1.17 bits per heavy atom. The zero-order valence-electron chi connectivity index (χ0n) is 24.4. The number of likely N-dealkylation sites (N-methyl/N-ethyl adjacent to an activating group) is 1. The van der Waals surface area contributed by atoms with Gasteiger partial charge in [0.05, 0.1) is 23.8 Å². The molecule has 226 valence electrons. The van der Waals surface area contributed by atoms with Crippen molar-refractivity contribution in [3.8, 4) is 5.75 Å². The summed E-state index contributed by atoms with van der Waals surface area (Å²) in [6.45, 7) is 5.50. The highest BCUT2D eigenvalue weighted by Crippen LogP contribution is 2.32. The molecule has 2 aromatic carbocycles. The first-order chi connectivity index (χ1) is 19.3. The highest BCUT2D eigenvalue weighted by atomic mass is 19.4. The number of carbonyl (C=O) groups excluding carboxylic acids is 2. The van der Waals surface area contributed by atoms with Crippen LogP contribution in [0.2, 0.25) is 0 Å². The highest BCUT2D eigenvalue weighted by molar-refractivity contribution is 5.99. The third-order valence-corrected chi connectivity index (χ3v) is 7.18. The monoisotopic (exact) mass is 578 g/mol. The van der Waals surface area contributed by atoms with Crippen molar-refractivity contribution in [2.24, 2.45) is 5.92 Å². The molecule has 1 heterocycles. The van der Waals surface area contributed by atoms with Gasteiger partial charge in [-0.25, -0.2) is 0 Å². The molecule has 3 rings (SSSR count). The quantitative estimate of drug-likeness (QED) is 0.413. The first kappa shape index (κ1) is 32.4. The summed E-state index contributed by atoms with van der Waals surface area (Å²) in [4.78, 5) is 31.7. The summed E-state index contributed by atoms with van der Waals surface area (Å²) in [5.41, 5.74) is 0.816. The van der Waals surface area contributed by atoms with Crippen molar-refractivity contribution in [2.45, 2.75) is 51.6 Å². The molecule has 41 heavy (non-hydrogen) atoms. The normalized spacial score (nSPS) is 18.5. The number of amides is 2. The van der Waals surface area contributed by atoms with Crippen molar-refractivity contribution in [1.82, 2.24) is 14.7 Å². The molecular formula is C30H41F3N4O4. The van der Waals surface area contributed by atoms with E-state index in [1.165, 1.54) is 12.1 Å². The largest absolute Gasteiger partial charge is 0.488 e. The molecule has 0 spiro atoms. The van der Waals surface area contributed by atoms with Crippen LogP contribution >= 0.6 is 0 Å². The highest BCUT2D eigenvalue weighted by Gasteiger charge is 2.34. The minimum atomic E-state index is -4.39. The Hall–Kier alpha value is -3.15. The van der Waals surface area contributed by atoms with Gasteiger partial charge in [0.15, 0.2) is 0 Å². The fourth-order valence-electron chi connectivity index (χ4n) is 4.78. The number of halogens is 3. The lowest BCUT2D eigenvalue weighted by molar-refractivity contribution is -0.137. The van der Waals surface area contributed by atoms with Crippen LogP contribution in [0.15, 0.2) is 42.5 Å². The SMILES string of the molecule is C[C@H](CO)N1C[C@H](C)[C@H](CN(C)Cc2ccc(C(F)(F)F)cc2)Oc2ccc(NC(=O)CCCN(C)C)cc2C1=O. The number of aliphatic hydroxyl groups is 1. The number of aliphatic hydroxyl groups excluding tert-OH is 1. The maximum atomic E-state index is 13.6. The fraction of sp³-hybridized carbons (Fsp3) is 0.533. The second-order valence-corrected chi connectivity index (χ2v) is 11.2. The molecule has 11 heteroatoms. The molecule has 0 saturated carbocycles. The van der Waals surface area contributed by atoms with Gasteiger partial charge in [-0.1, -0.05) is 19.1 Å². The molecule has 0 bridgehead atoms. The van der Waals surface area contributed by atoms with Gasteiger partial charge in [0.2, 0.25) is 5.91 Å². The summed E-state index contributed by atoms with van der Waals surface area (Å²) >= 11 is 0. The number of hydrogen-bond donors (Lipinski definition) is 2. The van der Waals surface area contributed by atoms with Gasteiger partial charge in [0.25, 0.3) is 5.91 Å². The molecule has 0 fully saturated rings. The van der Waals surface area contributed by atoms with Gasteiger partial charge in [-0.2, -0.15) is 13.2 Å². The topological polar surface area (TPSA) is 85.3 Å². The molecule has 0 saturated heterocycles. The number of benzene rings is 2. The van der Waals surface area contributed by atoms with Crippen molar-refractivity contribution in [1.29, 1.82) is 0 Å². The Kier molecular flexibility index (Phi) is 11.2. The molecule has 0 unspecified atom stereocenters. The van der Waals surface area contributed by atoms with Crippen LogP contribution in [0.1, 0.15) is 48.2 Å². The first-order valence-corrected chi connectivity index (χ1v) is 13.8. The molecule has 1 aliphatic heterocycles. The van der Waals surface area contributed by atoms with Crippen LogP contribution < -0.4 is 10.1 Å². The Balaban J connectivity index is 1.80. The van der Waals surface area contributed by atoms with E-state index < -0.39 is 17.8 Å². The van der Waals surface area contributed by atoms with E-state index in [9.17, 15) is 27.9 Å². The minimum absolute atomic E-state index is 0.118. The number of ether oxygens (including phenoxy) is 1. The zero-order chi connectivity index (χ0) is 30.3. The Morgan fingerprint density at radius 2 is 1.85 bits per heavy atom. The molecule has 2 N–H and O–H groups in total.